The average molecular weight is 375 g/mol. The second-order valence-corrected chi connectivity index (χ2v) is 7.95. The fourth-order valence-electron chi connectivity index (χ4n) is 3.28. The van der Waals surface area contributed by atoms with E-state index in [2.05, 4.69) is 10.3 Å². The molecule has 0 unspecified atom stereocenters. The van der Waals surface area contributed by atoms with Gasteiger partial charge >= 0.3 is 6.09 Å². The zero-order valence-corrected chi connectivity index (χ0v) is 16.4. The van der Waals surface area contributed by atoms with Gasteiger partial charge in [-0.1, -0.05) is 19.3 Å². The van der Waals surface area contributed by atoms with Gasteiger partial charge in [0, 0.05) is 29.4 Å². The van der Waals surface area contributed by atoms with E-state index in [1.54, 1.807) is 18.4 Å². The Balaban J connectivity index is 1.77. The summed E-state index contributed by atoms with van der Waals surface area (Å²) in [4.78, 5) is 17.5. The lowest BCUT2D eigenvalue weighted by molar-refractivity contribution is 0.130. The third-order valence-corrected chi connectivity index (χ3v) is 5.73. The van der Waals surface area contributed by atoms with Crippen molar-refractivity contribution in [1.29, 1.82) is 0 Å². The molecule has 1 aromatic heterocycles. The summed E-state index contributed by atoms with van der Waals surface area (Å²) in [7, 11) is 1.64. The molecule has 0 atom stereocenters. The van der Waals surface area contributed by atoms with E-state index in [1.807, 2.05) is 38.2 Å². The number of thiazole rings is 1. The molecular formula is C20H26N2O3S. The molecule has 1 fully saturated rings. The lowest BCUT2D eigenvalue weighted by Gasteiger charge is -2.18. The van der Waals surface area contributed by atoms with Crippen LogP contribution < -0.4 is 10.1 Å². The van der Waals surface area contributed by atoms with Gasteiger partial charge < -0.3 is 9.47 Å². The summed E-state index contributed by atoms with van der Waals surface area (Å²) in [6.45, 7) is 3.63. The maximum absolute atomic E-state index is 11.8. The molecule has 0 radical (unpaired) electrons. The van der Waals surface area contributed by atoms with Gasteiger partial charge in [-0.15, -0.1) is 11.3 Å². The van der Waals surface area contributed by atoms with Crippen LogP contribution in [0.1, 0.15) is 56.9 Å². The van der Waals surface area contributed by atoms with Crippen molar-refractivity contribution in [2.24, 2.45) is 0 Å². The van der Waals surface area contributed by atoms with E-state index < -0.39 is 6.09 Å². The van der Waals surface area contributed by atoms with Gasteiger partial charge in [-0.25, -0.2) is 9.78 Å². The van der Waals surface area contributed by atoms with Gasteiger partial charge in [-0.05, 0) is 38.8 Å². The van der Waals surface area contributed by atoms with Crippen LogP contribution in [-0.2, 0) is 4.74 Å². The monoisotopic (exact) mass is 374 g/mol. The number of nitrogens with zero attached hydrogens (tertiary/aromatic N) is 1. The van der Waals surface area contributed by atoms with E-state index in [-0.39, 0.29) is 6.10 Å². The van der Waals surface area contributed by atoms with Crippen molar-refractivity contribution in [3.05, 3.63) is 29.4 Å². The summed E-state index contributed by atoms with van der Waals surface area (Å²) in [6, 6.07) is 5.64. The van der Waals surface area contributed by atoms with Crippen molar-refractivity contribution < 1.29 is 14.3 Å². The summed E-state index contributed by atoms with van der Waals surface area (Å²) in [5.41, 5.74) is 1.64. The zero-order valence-electron chi connectivity index (χ0n) is 15.6. The highest BCUT2D eigenvalue weighted by Gasteiger charge is 2.20. The van der Waals surface area contributed by atoms with Gasteiger partial charge in [0.1, 0.15) is 5.75 Å². The number of rotatable bonds is 5. The zero-order chi connectivity index (χ0) is 18.5. The second-order valence-electron chi connectivity index (χ2n) is 6.89. The minimum absolute atomic E-state index is 0.161. The Labute approximate surface area is 158 Å². The smallest absolute Gasteiger partial charge is 0.411 e. The molecule has 1 heterocycles. The van der Waals surface area contributed by atoms with Crippen molar-refractivity contribution in [3.8, 4) is 16.2 Å². The SMILES string of the molecule is COc1cc(NC(=O)OC(C)C)ccc1-c1cnc(C2CCCCC2)s1. The number of amides is 1. The van der Waals surface area contributed by atoms with Crippen LogP contribution in [0.25, 0.3) is 10.4 Å². The van der Waals surface area contributed by atoms with E-state index in [4.69, 9.17) is 9.47 Å². The Bertz CT molecular complexity index is 751. The third-order valence-electron chi connectivity index (χ3n) is 4.53. The molecule has 0 spiro atoms. The number of aromatic nitrogens is 1. The number of methoxy groups -OCH3 is 1. The molecule has 1 aromatic carbocycles. The molecule has 2 aromatic rings. The maximum atomic E-state index is 11.8. The second kappa shape index (κ2) is 8.54. The van der Waals surface area contributed by atoms with Gasteiger partial charge in [-0.3, -0.25) is 5.32 Å². The summed E-state index contributed by atoms with van der Waals surface area (Å²) in [5.74, 6) is 1.31. The number of nitrogens with one attached hydrogen (secondary N) is 1. The molecule has 1 aliphatic carbocycles. The first-order chi connectivity index (χ1) is 12.6. The van der Waals surface area contributed by atoms with Crippen molar-refractivity contribution in [2.45, 2.75) is 58.0 Å². The minimum Gasteiger partial charge on any atom is -0.496 e. The number of carbonyl (C=O) groups excluding carboxylic acids is 1. The van der Waals surface area contributed by atoms with Crippen LogP contribution in [0.2, 0.25) is 0 Å². The van der Waals surface area contributed by atoms with Gasteiger partial charge in [0.15, 0.2) is 0 Å². The Morgan fingerprint density at radius 2 is 2.04 bits per heavy atom. The lowest BCUT2D eigenvalue weighted by Crippen LogP contribution is -2.17. The van der Waals surface area contributed by atoms with Crippen LogP contribution in [0.15, 0.2) is 24.4 Å². The summed E-state index contributed by atoms with van der Waals surface area (Å²) in [5, 5.41) is 3.96. The van der Waals surface area contributed by atoms with Crippen molar-refractivity contribution >= 4 is 23.1 Å². The van der Waals surface area contributed by atoms with Crippen LogP contribution in [0.5, 0.6) is 5.75 Å². The fourth-order valence-corrected chi connectivity index (χ4v) is 4.40. The molecule has 140 valence electrons. The van der Waals surface area contributed by atoms with Crippen molar-refractivity contribution in [2.75, 3.05) is 12.4 Å². The molecule has 3 rings (SSSR count). The molecule has 0 saturated heterocycles. The fraction of sp³-hybridized carbons (Fsp3) is 0.500. The molecule has 0 aliphatic heterocycles. The summed E-state index contributed by atoms with van der Waals surface area (Å²) >= 11 is 1.75. The number of benzene rings is 1. The largest absolute Gasteiger partial charge is 0.496 e. The highest BCUT2D eigenvalue weighted by atomic mass is 32.1. The predicted octanol–water partition coefficient (Wildman–Crippen LogP) is 5.82. The van der Waals surface area contributed by atoms with Crippen LogP contribution in [0.4, 0.5) is 10.5 Å². The molecule has 1 N–H and O–H groups in total. The Morgan fingerprint density at radius 1 is 1.27 bits per heavy atom. The van der Waals surface area contributed by atoms with E-state index in [0.717, 1.165) is 10.4 Å². The average Bonchev–Trinajstić information content (AvgIpc) is 3.11. The van der Waals surface area contributed by atoms with Gasteiger partial charge in [0.05, 0.1) is 23.1 Å². The quantitative estimate of drug-likeness (QED) is 0.716. The molecule has 1 aliphatic rings. The van der Waals surface area contributed by atoms with Crippen LogP contribution in [0.3, 0.4) is 0 Å². The highest BCUT2D eigenvalue weighted by molar-refractivity contribution is 7.15. The number of carbonyl (C=O) groups is 1. The molecule has 6 heteroatoms. The Morgan fingerprint density at radius 3 is 2.73 bits per heavy atom. The molecule has 26 heavy (non-hydrogen) atoms. The normalized spacial score (nSPS) is 15.1. The molecule has 1 amide bonds. The summed E-state index contributed by atoms with van der Waals surface area (Å²) < 4.78 is 10.7. The summed E-state index contributed by atoms with van der Waals surface area (Å²) in [6.07, 6.45) is 7.74. The lowest BCUT2D eigenvalue weighted by atomic mass is 9.90. The van der Waals surface area contributed by atoms with E-state index in [0.29, 0.717) is 17.4 Å². The molecule has 0 bridgehead atoms. The van der Waals surface area contributed by atoms with Crippen LogP contribution in [-0.4, -0.2) is 24.3 Å². The maximum Gasteiger partial charge on any atom is 0.411 e. The first kappa shape index (κ1) is 18.7. The predicted molar refractivity (Wildman–Crippen MR) is 105 cm³/mol. The number of anilines is 1. The van der Waals surface area contributed by atoms with E-state index >= 15 is 0 Å². The van der Waals surface area contributed by atoms with Crippen LogP contribution in [0, 0.1) is 0 Å². The molecule has 5 nitrogen and oxygen atoms in total. The number of hydrogen-bond donors (Lipinski definition) is 1. The number of hydrogen-bond acceptors (Lipinski definition) is 5. The third kappa shape index (κ3) is 4.55. The van der Waals surface area contributed by atoms with E-state index in [1.165, 1.54) is 37.1 Å². The Kier molecular flexibility index (Phi) is 6.14. The van der Waals surface area contributed by atoms with Gasteiger partial charge in [-0.2, -0.15) is 0 Å². The van der Waals surface area contributed by atoms with Crippen molar-refractivity contribution in [3.63, 3.8) is 0 Å². The number of ether oxygens (including phenoxy) is 2. The topological polar surface area (TPSA) is 60.5 Å². The Hall–Kier alpha value is -2.08. The first-order valence-corrected chi connectivity index (χ1v) is 10.00. The minimum atomic E-state index is -0.466. The highest BCUT2D eigenvalue weighted by Crippen LogP contribution is 2.40. The van der Waals surface area contributed by atoms with E-state index in [9.17, 15) is 4.79 Å². The van der Waals surface area contributed by atoms with Gasteiger partial charge in [0.25, 0.3) is 0 Å². The van der Waals surface area contributed by atoms with Crippen molar-refractivity contribution in [1.82, 2.24) is 4.98 Å². The first-order valence-electron chi connectivity index (χ1n) is 9.18. The van der Waals surface area contributed by atoms with Gasteiger partial charge in [0.2, 0.25) is 0 Å². The van der Waals surface area contributed by atoms with Crippen LogP contribution >= 0.6 is 11.3 Å². The standard InChI is InChI=1S/C20H26N2O3S/c1-13(2)25-20(23)22-15-9-10-16(17(11-15)24-3)18-12-21-19(26-18)14-7-5-4-6-8-14/h9-14H,4-8H2,1-3H3,(H,22,23). The molecular weight excluding hydrogens is 348 g/mol. The molecule has 1 saturated carbocycles.